The molecular formula is C15H14N4O. The van der Waals surface area contributed by atoms with Gasteiger partial charge in [0.2, 0.25) is 0 Å². The van der Waals surface area contributed by atoms with Gasteiger partial charge in [-0.15, -0.1) is 0 Å². The van der Waals surface area contributed by atoms with Gasteiger partial charge < -0.3 is 10.3 Å². The number of rotatable bonds is 4. The molecule has 0 saturated heterocycles. The summed E-state index contributed by atoms with van der Waals surface area (Å²) in [5, 5.41) is 4.07. The van der Waals surface area contributed by atoms with Gasteiger partial charge in [-0.3, -0.25) is 4.79 Å². The van der Waals surface area contributed by atoms with Crippen LogP contribution >= 0.6 is 0 Å². The molecule has 2 aromatic heterocycles. The maximum absolute atomic E-state index is 11.8. The van der Waals surface area contributed by atoms with E-state index in [2.05, 4.69) is 26.3 Å². The summed E-state index contributed by atoms with van der Waals surface area (Å²) < 4.78 is 0. The molecule has 0 radical (unpaired) electrons. The van der Waals surface area contributed by atoms with Gasteiger partial charge in [-0.1, -0.05) is 18.2 Å². The molecule has 2 heterocycles. The van der Waals surface area contributed by atoms with E-state index in [0.717, 1.165) is 11.9 Å². The van der Waals surface area contributed by atoms with Crippen LogP contribution in [-0.2, 0) is 6.42 Å². The number of nitrogens with one attached hydrogen (secondary N) is 2. The maximum Gasteiger partial charge on any atom is 0.254 e. The number of para-hydroxylation sites is 1. The van der Waals surface area contributed by atoms with Gasteiger partial charge in [0.15, 0.2) is 0 Å². The van der Waals surface area contributed by atoms with Crippen molar-refractivity contribution in [1.82, 2.24) is 20.3 Å². The van der Waals surface area contributed by atoms with Crippen LogP contribution in [0, 0.1) is 0 Å². The molecule has 1 amide bonds. The number of carbonyl (C=O) groups excluding carboxylic acids is 1. The van der Waals surface area contributed by atoms with E-state index in [9.17, 15) is 4.79 Å². The van der Waals surface area contributed by atoms with Crippen LogP contribution in [0.15, 0.2) is 49.2 Å². The second kappa shape index (κ2) is 5.52. The summed E-state index contributed by atoms with van der Waals surface area (Å²) in [6.07, 6.45) is 7.19. The Morgan fingerprint density at radius 2 is 2.00 bits per heavy atom. The molecule has 5 heteroatoms. The lowest BCUT2D eigenvalue weighted by molar-refractivity contribution is 0.0953. The van der Waals surface area contributed by atoms with Gasteiger partial charge in [0.1, 0.15) is 6.33 Å². The predicted molar refractivity (Wildman–Crippen MR) is 76.4 cm³/mol. The van der Waals surface area contributed by atoms with E-state index in [1.54, 1.807) is 0 Å². The summed E-state index contributed by atoms with van der Waals surface area (Å²) in [6, 6.07) is 8.13. The highest BCUT2D eigenvalue weighted by atomic mass is 16.1. The molecule has 3 aromatic rings. The Balaban J connectivity index is 1.62. The zero-order valence-corrected chi connectivity index (χ0v) is 10.8. The van der Waals surface area contributed by atoms with Crippen LogP contribution in [0.2, 0.25) is 0 Å². The summed E-state index contributed by atoms with van der Waals surface area (Å²) in [6.45, 7) is 0.579. The zero-order chi connectivity index (χ0) is 13.8. The van der Waals surface area contributed by atoms with Gasteiger partial charge in [-0.2, -0.15) is 0 Å². The number of aromatic nitrogens is 3. The van der Waals surface area contributed by atoms with Crippen molar-refractivity contribution >= 4 is 16.8 Å². The van der Waals surface area contributed by atoms with Crippen LogP contribution in [0.4, 0.5) is 0 Å². The summed E-state index contributed by atoms with van der Waals surface area (Å²) >= 11 is 0. The van der Waals surface area contributed by atoms with Crippen LogP contribution in [-0.4, -0.2) is 27.4 Å². The average molecular weight is 266 g/mol. The van der Waals surface area contributed by atoms with Gasteiger partial charge in [-0.25, -0.2) is 9.97 Å². The van der Waals surface area contributed by atoms with Crippen LogP contribution in [0.5, 0.6) is 0 Å². The van der Waals surface area contributed by atoms with Gasteiger partial charge in [0, 0.05) is 36.0 Å². The highest BCUT2D eigenvalue weighted by Crippen LogP contribution is 2.17. The number of H-pyrrole nitrogens is 1. The molecule has 100 valence electrons. The number of hydrogen-bond donors (Lipinski definition) is 2. The lowest BCUT2D eigenvalue weighted by Crippen LogP contribution is -2.25. The van der Waals surface area contributed by atoms with Crippen molar-refractivity contribution in [3.8, 4) is 0 Å². The number of fused-ring (bicyclic) bond motifs is 1. The minimum absolute atomic E-state index is 0.148. The molecule has 0 atom stereocenters. The summed E-state index contributed by atoms with van der Waals surface area (Å²) in [4.78, 5) is 22.7. The third kappa shape index (κ3) is 2.51. The van der Waals surface area contributed by atoms with Gasteiger partial charge in [-0.05, 0) is 18.1 Å². The Labute approximate surface area is 116 Å². The zero-order valence-electron chi connectivity index (χ0n) is 10.8. The molecule has 0 aliphatic rings. The predicted octanol–water partition coefficient (Wildman–Crippen LogP) is 1.93. The van der Waals surface area contributed by atoms with Crippen molar-refractivity contribution in [2.24, 2.45) is 0 Å². The Kier molecular flexibility index (Phi) is 3.41. The largest absolute Gasteiger partial charge is 0.361 e. The second-order valence-electron chi connectivity index (χ2n) is 4.49. The Morgan fingerprint density at radius 3 is 2.85 bits per heavy atom. The molecule has 2 N–H and O–H groups in total. The first kappa shape index (κ1) is 12.3. The Hall–Kier alpha value is -2.69. The highest BCUT2D eigenvalue weighted by Gasteiger charge is 2.06. The smallest absolute Gasteiger partial charge is 0.254 e. The molecule has 0 saturated carbocycles. The monoisotopic (exact) mass is 266 g/mol. The number of aromatic amines is 1. The fourth-order valence-corrected chi connectivity index (χ4v) is 2.17. The molecule has 0 aliphatic heterocycles. The van der Waals surface area contributed by atoms with Gasteiger partial charge >= 0.3 is 0 Å². The van der Waals surface area contributed by atoms with Gasteiger partial charge in [0.25, 0.3) is 5.91 Å². The van der Waals surface area contributed by atoms with Crippen LogP contribution in [0.3, 0.4) is 0 Å². The maximum atomic E-state index is 11.8. The van der Waals surface area contributed by atoms with Crippen LogP contribution in [0.25, 0.3) is 10.9 Å². The molecule has 1 aromatic carbocycles. The van der Waals surface area contributed by atoms with Crippen LogP contribution in [0.1, 0.15) is 15.9 Å². The highest BCUT2D eigenvalue weighted by molar-refractivity contribution is 5.93. The summed E-state index contributed by atoms with van der Waals surface area (Å²) in [7, 11) is 0. The van der Waals surface area contributed by atoms with Crippen molar-refractivity contribution < 1.29 is 4.79 Å². The van der Waals surface area contributed by atoms with Crippen LogP contribution < -0.4 is 5.32 Å². The molecule has 0 aliphatic carbocycles. The van der Waals surface area contributed by atoms with E-state index in [4.69, 9.17) is 0 Å². The first-order chi connectivity index (χ1) is 9.84. The van der Waals surface area contributed by atoms with E-state index in [-0.39, 0.29) is 5.91 Å². The number of carbonyl (C=O) groups is 1. The quantitative estimate of drug-likeness (QED) is 0.758. The lowest BCUT2D eigenvalue weighted by Gasteiger charge is -2.04. The molecule has 0 unspecified atom stereocenters. The molecular weight excluding hydrogens is 252 g/mol. The second-order valence-corrected chi connectivity index (χ2v) is 4.49. The fraction of sp³-hybridized carbons (Fsp3) is 0.133. The first-order valence-corrected chi connectivity index (χ1v) is 6.43. The van der Waals surface area contributed by atoms with E-state index >= 15 is 0 Å². The van der Waals surface area contributed by atoms with Crippen molar-refractivity contribution in [3.05, 3.63) is 60.3 Å². The van der Waals surface area contributed by atoms with E-state index in [1.165, 1.54) is 29.7 Å². The summed E-state index contributed by atoms with van der Waals surface area (Å²) in [5.41, 5.74) is 2.79. The fourth-order valence-electron chi connectivity index (χ4n) is 2.17. The number of benzene rings is 1. The van der Waals surface area contributed by atoms with Crippen molar-refractivity contribution in [3.63, 3.8) is 0 Å². The van der Waals surface area contributed by atoms with Crippen molar-refractivity contribution in [2.45, 2.75) is 6.42 Å². The van der Waals surface area contributed by atoms with E-state index in [0.29, 0.717) is 12.1 Å². The first-order valence-electron chi connectivity index (χ1n) is 6.43. The van der Waals surface area contributed by atoms with Gasteiger partial charge in [0.05, 0.1) is 5.56 Å². The SMILES string of the molecule is O=C(NCCc1c[nH]c2ccccc12)c1cncnc1. The minimum atomic E-state index is -0.148. The Morgan fingerprint density at radius 1 is 1.20 bits per heavy atom. The van der Waals surface area contributed by atoms with E-state index in [1.807, 2.05) is 24.4 Å². The lowest BCUT2D eigenvalue weighted by atomic mass is 10.1. The number of hydrogen-bond acceptors (Lipinski definition) is 3. The summed E-state index contributed by atoms with van der Waals surface area (Å²) in [5.74, 6) is -0.148. The molecule has 0 fully saturated rings. The average Bonchev–Trinajstić information content (AvgIpc) is 2.92. The molecule has 0 bridgehead atoms. The third-order valence-electron chi connectivity index (χ3n) is 3.18. The topological polar surface area (TPSA) is 70.7 Å². The molecule has 20 heavy (non-hydrogen) atoms. The normalized spacial score (nSPS) is 10.6. The van der Waals surface area contributed by atoms with E-state index < -0.39 is 0 Å². The number of amides is 1. The molecule has 5 nitrogen and oxygen atoms in total. The molecule has 3 rings (SSSR count). The minimum Gasteiger partial charge on any atom is -0.361 e. The van der Waals surface area contributed by atoms with Crippen molar-refractivity contribution in [1.29, 1.82) is 0 Å². The third-order valence-corrected chi connectivity index (χ3v) is 3.18. The standard InChI is InChI=1S/C15H14N4O/c20-15(12-7-16-10-17-8-12)18-6-5-11-9-19-14-4-2-1-3-13(11)14/h1-4,7-10,19H,5-6H2,(H,18,20). The Bertz CT molecular complexity index is 721. The number of nitrogens with zero attached hydrogens (tertiary/aromatic N) is 2. The molecule has 0 spiro atoms. The van der Waals surface area contributed by atoms with Crippen molar-refractivity contribution in [2.75, 3.05) is 6.54 Å².